The van der Waals surface area contributed by atoms with E-state index in [0.29, 0.717) is 43.9 Å². The van der Waals surface area contributed by atoms with Crippen LogP contribution in [0.2, 0.25) is 0 Å². The summed E-state index contributed by atoms with van der Waals surface area (Å²) in [6.07, 6.45) is 4.45. The van der Waals surface area contributed by atoms with Crippen LogP contribution in [0.1, 0.15) is 91.4 Å². The second-order valence-corrected chi connectivity index (χ2v) is 20.1. The SMILES string of the molecule is CN(C)C1C(=O)C(C(=O)NCN2CCN(CCNC3CC4C(CCC5(C)C(O)CCC45)c4ccc(O)cc43)CC2)C(=O)C2(O)C(=O)C3C(=O)c4c(O)cccc4C(C)(O)C3CC12. The van der Waals surface area contributed by atoms with E-state index in [-0.39, 0.29) is 47.5 Å². The highest BCUT2D eigenvalue weighted by atomic mass is 16.3. The molecule has 7 N–H and O–H groups in total. The van der Waals surface area contributed by atoms with Gasteiger partial charge in [-0.05, 0) is 118 Å². The van der Waals surface area contributed by atoms with Crippen LogP contribution in [0, 0.1) is 40.9 Å². The van der Waals surface area contributed by atoms with E-state index in [0.717, 1.165) is 45.2 Å². The maximum absolute atomic E-state index is 14.4. The number of nitrogens with one attached hydrogen (secondary N) is 2. The number of carbonyl (C=O) groups is 5. The first-order valence-electron chi connectivity index (χ1n) is 22.5. The van der Waals surface area contributed by atoms with Gasteiger partial charge in [-0.25, -0.2) is 0 Å². The van der Waals surface area contributed by atoms with E-state index in [1.807, 2.05) is 11.0 Å². The molecule has 62 heavy (non-hydrogen) atoms. The van der Waals surface area contributed by atoms with Crippen molar-refractivity contribution in [3.8, 4) is 11.5 Å². The fourth-order valence-corrected chi connectivity index (χ4v) is 13.5. The first-order chi connectivity index (χ1) is 29.4. The molecule has 15 heteroatoms. The van der Waals surface area contributed by atoms with Crippen molar-refractivity contribution in [3.63, 3.8) is 0 Å². The number of aliphatic hydroxyl groups is 3. The van der Waals surface area contributed by atoms with Crippen molar-refractivity contribution >= 4 is 29.0 Å². The normalized spacial score (nSPS) is 39.4. The van der Waals surface area contributed by atoms with Crippen LogP contribution in [0.5, 0.6) is 11.5 Å². The Balaban J connectivity index is 0.822. The van der Waals surface area contributed by atoms with Crippen LogP contribution in [0.15, 0.2) is 36.4 Å². The number of rotatable bonds is 8. The molecule has 1 saturated heterocycles. The molecule has 4 saturated carbocycles. The zero-order valence-corrected chi connectivity index (χ0v) is 36.0. The number of aliphatic hydroxyl groups excluding tert-OH is 1. The molecule has 0 aromatic heterocycles. The van der Waals surface area contributed by atoms with Gasteiger partial charge in [0.05, 0.1) is 35.9 Å². The minimum absolute atomic E-state index is 0.0339. The third kappa shape index (κ3) is 6.51. The zero-order chi connectivity index (χ0) is 44.2. The topological polar surface area (TPSA) is 220 Å². The second-order valence-electron chi connectivity index (χ2n) is 20.1. The van der Waals surface area contributed by atoms with Gasteiger partial charge < -0.3 is 36.2 Å². The Bertz CT molecular complexity index is 2190. The van der Waals surface area contributed by atoms with Crippen molar-refractivity contribution in [2.24, 2.45) is 40.9 Å². The lowest BCUT2D eigenvalue weighted by Gasteiger charge is -2.55. The quantitative estimate of drug-likeness (QED) is 0.187. The smallest absolute Gasteiger partial charge is 0.239 e. The van der Waals surface area contributed by atoms with E-state index in [9.17, 15) is 49.5 Å². The molecule has 7 aliphatic rings. The number of carbonyl (C=O) groups excluding carboxylic acids is 5. The van der Waals surface area contributed by atoms with Crippen molar-refractivity contribution in [3.05, 3.63) is 58.7 Å². The van der Waals surface area contributed by atoms with Crippen molar-refractivity contribution < 1.29 is 49.5 Å². The molecular formula is C47H61N5O10. The molecule has 9 rings (SSSR count). The average Bonchev–Trinajstić information content (AvgIpc) is 3.54. The Morgan fingerprint density at radius 3 is 2.32 bits per heavy atom. The summed E-state index contributed by atoms with van der Waals surface area (Å²) in [5.41, 5.74) is -2.38. The summed E-state index contributed by atoms with van der Waals surface area (Å²) < 4.78 is 0. The van der Waals surface area contributed by atoms with Crippen LogP contribution in [0.3, 0.4) is 0 Å². The summed E-state index contributed by atoms with van der Waals surface area (Å²) in [5.74, 6) is -9.90. The number of likely N-dealkylation sites (N-methyl/N-ethyl adjacent to an activating group) is 1. The molecule has 0 radical (unpaired) electrons. The lowest BCUT2D eigenvalue weighted by molar-refractivity contribution is -0.188. The molecule has 0 bridgehead atoms. The highest BCUT2D eigenvalue weighted by Crippen LogP contribution is 2.62. The van der Waals surface area contributed by atoms with Gasteiger partial charge >= 0.3 is 0 Å². The first-order valence-corrected chi connectivity index (χ1v) is 22.5. The number of aromatic hydroxyl groups is 2. The maximum atomic E-state index is 14.4. The van der Waals surface area contributed by atoms with Gasteiger partial charge in [0.2, 0.25) is 5.91 Å². The van der Waals surface area contributed by atoms with Crippen LogP contribution < -0.4 is 10.6 Å². The first kappa shape index (κ1) is 43.2. The summed E-state index contributed by atoms with van der Waals surface area (Å²) in [5, 5.41) is 62.6. The third-order valence-electron chi connectivity index (χ3n) is 16.9. The van der Waals surface area contributed by atoms with Gasteiger partial charge in [0.25, 0.3) is 0 Å². The fraction of sp³-hybridized carbons (Fsp3) is 0.638. The zero-order valence-electron chi connectivity index (χ0n) is 36.0. The Morgan fingerprint density at radius 2 is 1.60 bits per heavy atom. The molecule has 1 amide bonds. The van der Waals surface area contributed by atoms with E-state index in [1.54, 1.807) is 20.2 Å². The predicted octanol–water partition coefficient (Wildman–Crippen LogP) is 1.45. The molecule has 13 unspecified atom stereocenters. The Morgan fingerprint density at radius 1 is 0.871 bits per heavy atom. The van der Waals surface area contributed by atoms with E-state index in [4.69, 9.17) is 0 Å². The van der Waals surface area contributed by atoms with Crippen LogP contribution in [0.4, 0.5) is 0 Å². The number of phenolic OH excluding ortho intramolecular Hbond substituents is 2. The number of hydrogen-bond donors (Lipinski definition) is 7. The van der Waals surface area contributed by atoms with Crippen molar-refractivity contribution in [1.82, 2.24) is 25.3 Å². The van der Waals surface area contributed by atoms with Crippen LogP contribution in [-0.4, -0.2) is 147 Å². The third-order valence-corrected chi connectivity index (χ3v) is 16.9. The number of fused-ring (bicyclic) bond motifs is 8. The van der Waals surface area contributed by atoms with Crippen LogP contribution in [0.25, 0.3) is 0 Å². The minimum Gasteiger partial charge on any atom is -0.508 e. The number of piperazine rings is 1. The van der Waals surface area contributed by atoms with E-state index in [1.165, 1.54) is 41.1 Å². The Kier molecular flexibility index (Phi) is 10.8. The molecule has 2 aromatic rings. The number of hydrogen-bond acceptors (Lipinski definition) is 14. The Labute approximate surface area is 361 Å². The summed E-state index contributed by atoms with van der Waals surface area (Å²) >= 11 is 0. The largest absolute Gasteiger partial charge is 0.508 e. The number of amides is 1. The highest BCUT2D eigenvalue weighted by Gasteiger charge is 2.71. The molecular weight excluding hydrogens is 795 g/mol. The highest BCUT2D eigenvalue weighted by molar-refractivity contribution is 6.32. The number of nitrogens with zero attached hydrogens (tertiary/aromatic N) is 3. The van der Waals surface area contributed by atoms with E-state index < -0.39 is 75.7 Å². The van der Waals surface area contributed by atoms with Crippen LogP contribution in [-0.2, 0) is 24.8 Å². The number of ketones is 4. The van der Waals surface area contributed by atoms with Gasteiger partial charge in [0.15, 0.2) is 34.7 Å². The standard InChI is InChI=1S/C47H61N5O10/c1-45-13-12-26-25-9-8-24(53)20-28(25)33(21-27(26)29(45)10-11-35(45)55)48-14-15-51-16-18-52(19-17-51)23-49-44(60)38-41(57)39(50(3)4)32-22-31-37(42(58)47(32,62)43(38)59)40(56)36-30(46(31,2)61)6-5-7-34(36)54/h5-9,20,26-27,29,31-33,35,37-39,48,53-55,61-62H,10-19,21-23H2,1-4H3,(H,49,60). The van der Waals surface area contributed by atoms with Crippen molar-refractivity contribution in [1.29, 1.82) is 0 Å². The lowest BCUT2D eigenvalue weighted by Crippen LogP contribution is -2.75. The van der Waals surface area contributed by atoms with Crippen LogP contribution >= 0.6 is 0 Å². The summed E-state index contributed by atoms with van der Waals surface area (Å²) in [6, 6.07) is 8.87. The van der Waals surface area contributed by atoms with E-state index in [2.05, 4.69) is 28.5 Å². The molecule has 15 nitrogen and oxygen atoms in total. The molecule has 5 fully saturated rings. The van der Waals surface area contributed by atoms with Gasteiger partial charge in [-0.1, -0.05) is 25.1 Å². The number of Topliss-reactive ketones (excluding diaryl/α,β-unsaturated/α-hetero) is 4. The molecule has 0 spiro atoms. The fourth-order valence-electron chi connectivity index (χ4n) is 13.5. The number of phenols is 2. The van der Waals surface area contributed by atoms with Gasteiger partial charge in [0.1, 0.15) is 11.5 Å². The summed E-state index contributed by atoms with van der Waals surface area (Å²) in [6.45, 7) is 7.87. The molecule has 1 aliphatic heterocycles. The Hall–Kier alpha value is -4.09. The van der Waals surface area contributed by atoms with Gasteiger partial charge in [-0.3, -0.25) is 38.7 Å². The molecule has 2 aromatic carbocycles. The molecule has 334 valence electrons. The van der Waals surface area contributed by atoms with Crippen molar-refractivity contribution in [2.45, 2.75) is 87.7 Å². The average molecular weight is 856 g/mol. The predicted molar refractivity (Wildman–Crippen MR) is 225 cm³/mol. The van der Waals surface area contributed by atoms with Gasteiger partial charge in [0, 0.05) is 57.1 Å². The van der Waals surface area contributed by atoms with E-state index >= 15 is 0 Å². The summed E-state index contributed by atoms with van der Waals surface area (Å²) in [4.78, 5) is 76.3. The van der Waals surface area contributed by atoms with Crippen molar-refractivity contribution in [2.75, 3.05) is 60.0 Å². The molecule has 6 aliphatic carbocycles. The molecule has 13 atom stereocenters. The summed E-state index contributed by atoms with van der Waals surface area (Å²) in [7, 11) is 3.11. The number of benzene rings is 2. The maximum Gasteiger partial charge on any atom is 0.239 e. The minimum atomic E-state index is -2.86. The lowest BCUT2D eigenvalue weighted by atomic mass is 9.49. The van der Waals surface area contributed by atoms with Gasteiger partial charge in [-0.15, -0.1) is 0 Å². The van der Waals surface area contributed by atoms with Gasteiger partial charge in [-0.2, -0.15) is 0 Å². The monoisotopic (exact) mass is 855 g/mol. The second kappa shape index (κ2) is 15.6. The molecule has 1 heterocycles.